The van der Waals surface area contributed by atoms with Crippen LogP contribution in [0.3, 0.4) is 0 Å². The molecule has 0 spiro atoms. The highest BCUT2D eigenvalue weighted by Crippen LogP contribution is 2.31. The molecule has 26 heavy (non-hydrogen) atoms. The summed E-state index contributed by atoms with van der Waals surface area (Å²) in [5.41, 5.74) is 1.10. The Balaban J connectivity index is 1.73. The summed E-state index contributed by atoms with van der Waals surface area (Å²) in [5, 5.41) is 11.8. The van der Waals surface area contributed by atoms with Crippen molar-refractivity contribution in [2.75, 3.05) is 6.61 Å². The fourth-order valence-corrected chi connectivity index (χ4v) is 3.32. The first-order chi connectivity index (χ1) is 12.5. The molecule has 6 nitrogen and oxygen atoms in total. The van der Waals surface area contributed by atoms with Crippen molar-refractivity contribution >= 4 is 34.7 Å². The largest absolute Gasteiger partial charge is 0.502 e. The van der Waals surface area contributed by atoms with Crippen LogP contribution < -0.4 is 0 Å². The molecule has 134 valence electrons. The number of amides is 2. The van der Waals surface area contributed by atoms with Gasteiger partial charge in [-0.15, -0.1) is 11.3 Å². The molecular formula is C19H17NO5S. The first-order valence-corrected chi connectivity index (χ1v) is 9.00. The summed E-state index contributed by atoms with van der Waals surface area (Å²) in [4.78, 5) is 38.1. The number of ether oxygens (including phenoxy) is 1. The van der Waals surface area contributed by atoms with E-state index in [-0.39, 0.29) is 12.1 Å². The minimum Gasteiger partial charge on any atom is -0.502 e. The minimum atomic E-state index is -0.718. The van der Waals surface area contributed by atoms with Crippen LogP contribution in [-0.2, 0) is 20.9 Å². The van der Waals surface area contributed by atoms with Crippen molar-refractivity contribution in [1.82, 2.24) is 4.90 Å². The zero-order chi connectivity index (χ0) is 18.7. The number of imide groups is 1. The maximum atomic E-state index is 12.5. The Morgan fingerprint density at radius 3 is 2.50 bits per heavy atom. The summed E-state index contributed by atoms with van der Waals surface area (Å²) in [5.74, 6) is -2.19. The number of thiophene rings is 1. The second-order valence-electron chi connectivity index (χ2n) is 5.73. The van der Waals surface area contributed by atoms with Crippen LogP contribution in [-0.4, -0.2) is 34.4 Å². The summed E-state index contributed by atoms with van der Waals surface area (Å²) in [7, 11) is 0. The van der Waals surface area contributed by atoms with E-state index in [9.17, 15) is 19.5 Å². The Morgan fingerprint density at radius 2 is 1.88 bits per heavy atom. The molecule has 1 aromatic carbocycles. The number of rotatable bonds is 6. The van der Waals surface area contributed by atoms with Crippen molar-refractivity contribution in [1.29, 1.82) is 0 Å². The fourth-order valence-electron chi connectivity index (χ4n) is 2.56. The summed E-state index contributed by atoms with van der Waals surface area (Å²) in [6.07, 6.45) is 0.742. The number of benzene rings is 1. The number of nitrogens with zero attached hydrogens (tertiary/aromatic N) is 1. The topological polar surface area (TPSA) is 83.9 Å². The van der Waals surface area contributed by atoms with Gasteiger partial charge in [-0.2, -0.15) is 0 Å². The zero-order valence-corrected chi connectivity index (χ0v) is 14.9. The van der Waals surface area contributed by atoms with E-state index >= 15 is 0 Å². The monoisotopic (exact) mass is 371 g/mol. The van der Waals surface area contributed by atoms with Crippen LogP contribution in [0.15, 0.2) is 47.5 Å². The van der Waals surface area contributed by atoms with Crippen LogP contribution in [0.4, 0.5) is 0 Å². The van der Waals surface area contributed by atoms with Crippen LogP contribution in [0, 0.1) is 0 Å². The number of aliphatic hydroxyl groups is 1. The lowest BCUT2D eigenvalue weighted by Crippen LogP contribution is -2.31. The molecule has 0 atom stereocenters. The molecule has 0 saturated heterocycles. The predicted molar refractivity (Wildman–Crippen MR) is 96.4 cm³/mol. The fraction of sp³-hybridized carbons (Fsp3) is 0.211. The summed E-state index contributed by atoms with van der Waals surface area (Å²) < 4.78 is 5.06. The first kappa shape index (κ1) is 17.9. The standard InChI is InChI=1S/C19H17NO5S/c1-2-9-25-19(24)13-7-5-12(6-8-13)11-20-17(22)15(16(21)18(20)23)14-4-3-10-26-14/h3-8,10,21H,2,9,11H2,1H3. The van der Waals surface area contributed by atoms with Crippen molar-refractivity contribution in [3.8, 4) is 0 Å². The van der Waals surface area contributed by atoms with E-state index < -0.39 is 23.5 Å². The van der Waals surface area contributed by atoms with Crippen LogP contribution in [0.25, 0.3) is 5.57 Å². The average Bonchev–Trinajstić information content (AvgIpc) is 3.24. The summed E-state index contributed by atoms with van der Waals surface area (Å²) >= 11 is 1.28. The zero-order valence-electron chi connectivity index (χ0n) is 14.1. The molecule has 0 aliphatic carbocycles. The molecule has 1 N–H and O–H groups in total. The van der Waals surface area contributed by atoms with E-state index in [0.717, 1.165) is 11.3 Å². The number of carbonyl (C=O) groups is 3. The van der Waals surface area contributed by atoms with Crippen LogP contribution >= 0.6 is 11.3 Å². The molecule has 0 radical (unpaired) electrons. The normalized spacial score (nSPS) is 14.3. The maximum absolute atomic E-state index is 12.5. The highest BCUT2D eigenvalue weighted by atomic mass is 32.1. The molecule has 2 amide bonds. The Bertz CT molecular complexity index is 868. The molecule has 2 aromatic rings. The van der Waals surface area contributed by atoms with E-state index in [2.05, 4.69) is 0 Å². The molecule has 1 aromatic heterocycles. The molecule has 1 aliphatic rings. The molecule has 0 saturated carbocycles. The number of aliphatic hydroxyl groups excluding tert-OH is 1. The molecule has 3 rings (SSSR count). The Hall–Kier alpha value is -2.93. The predicted octanol–water partition coefficient (Wildman–Crippen LogP) is 3.15. The Kier molecular flexibility index (Phi) is 5.18. The van der Waals surface area contributed by atoms with Gasteiger partial charge in [0.15, 0.2) is 5.76 Å². The van der Waals surface area contributed by atoms with Crippen molar-refractivity contribution in [2.24, 2.45) is 0 Å². The first-order valence-electron chi connectivity index (χ1n) is 8.12. The maximum Gasteiger partial charge on any atom is 0.338 e. The molecule has 0 unspecified atom stereocenters. The van der Waals surface area contributed by atoms with Crippen molar-refractivity contribution in [3.63, 3.8) is 0 Å². The van der Waals surface area contributed by atoms with Gasteiger partial charge in [-0.1, -0.05) is 25.1 Å². The third-order valence-corrected chi connectivity index (χ3v) is 4.77. The van der Waals surface area contributed by atoms with Crippen LogP contribution in [0.5, 0.6) is 0 Å². The number of carbonyl (C=O) groups excluding carboxylic acids is 3. The smallest absolute Gasteiger partial charge is 0.338 e. The average molecular weight is 371 g/mol. The SMILES string of the molecule is CCCOC(=O)c1ccc(CN2C(=O)C(O)=C(c3cccs3)C2=O)cc1. The van der Waals surface area contributed by atoms with E-state index in [4.69, 9.17) is 4.74 Å². The van der Waals surface area contributed by atoms with Gasteiger partial charge in [0, 0.05) is 4.88 Å². The lowest BCUT2D eigenvalue weighted by atomic mass is 10.1. The second-order valence-corrected chi connectivity index (χ2v) is 6.68. The molecule has 0 bridgehead atoms. The van der Waals surface area contributed by atoms with E-state index in [1.807, 2.05) is 6.92 Å². The van der Waals surface area contributed by atoms with Crippen molar-refractivity contribution in [3.05, 3.63) is 63.5 Å². The van der Waals surface area contributed by atoms with Crippen LogP contribution in [0.1, 0.15) is 34.1 Å². The molecular weight excluding hydrogens is 354 g/mol. The van der Waals surface area contributed by atoms with Crippen LogP contribution in [0.2, 0.25) is 0 Å². The molecule has 1 aliphatic heterocycles. The highest BCUT2D eigenvalue weighted by molar-refractivity contribution is 7.11. The van der Waals surface area contributed by atoms with Crippen molar-refractivity contribution in [2.45, 2.75) is 19.9 Å². The van der Waals surface area contributed by atoms with Gasteiger partial charge < -0.3 is 9.84 Å². The van der Waals surface area contributed by atoms with Gasteiger partial charge in [0.1, 0.15) is 5.57 Å². The summed E-state index contributed by atoms with van der Waals surface area (Å²) in [6, 6.07) is 9.92. The van der Waals surface area contributed by atoms with Crippen molar-refractivity contribution < 1.29 is 24.2 Å². The number of hydrogen-bond acceptors (Lipinski definition) is 6. The highest BCUT2D eigenvalue weighted by Gasteiger charge is 2.39. The van der Waals surface area contributed by atoms with E-state index in [1.165, 1.54) is 11.3 Å². The lowest BCUT2D eigenvalue weighted by Gasteiger charge is -2.14. The van der Waals surface area contributed by atoms with Gasteiger partial charge in [0.05, 0.1) is 18.7 Å². The van der Waals surface area contributed by atoms with Gasteiger partial charge in [-0.25, -0.2) is 4.79 Å². The minimum absolute atomic E-state index is 0.0148. The summed E-state index contributed by atoms with van der Waals surface area (Å²) in [6.45, 7) is 2.28. The molecule has 2 heterocycles. The molecule has 0 fully saturated rings. The van der Waals surface area contributed by atoms with Gasteiger partial charge in [-0.05, 0) is 35.6 Å². The van der Waals surface area contributed by atoms with Gasteiger partial charge in [0.25, 0.3) is 11.8 Å². The number of esters is 1. The third kappa shape index (κ3) is 3.39. The second kappa shape index (κ2) is 7.53. The van der Waals surface area contributed by atoms with Gasteiger partial charge in [-0.3, -0.25) is 14.5 Å². The third-order valence-electron chi connectivity index (χ3n) is 3.88. The Morgan fingerprint density at radius 1 is 1.15 bits per heavy atom. The van der Waals surface area contributed by atoms with Gasteiger partial charge >= 0.3 is 5.97 Å². The van der Waals surface area contributed by atoms with Gasteiger partial charge in [0.2, 0.25) is 0 Å². The molecule has 7 heteroatoms. The van der Waals surface area contributed by atoms with E-state index in [1.54, 1.807) is 41.8 Å². The number of hydrogen-bond donors (Lipinski definition) is 1. The quantitative estimate of drug-likeness (QED) is 0.623. The van der Waals surface area contributed by atoms with E-state index in [0.29, 0.717) is 22.6 Å². The lowest BCUT2D eigenvalue weighted by molar-refractivity contribution is -0.138. The Labute approximate surface area is 154 Å².